The molecule has 2 N–H and O–H groups in total. The van der Waals surface area contributed by atoms with Gasteiger partial charge in [0.15, 0.2) is 0 Å². The number of benzene rings is 2. The minimum absolute atomic E-state index is 0.184. The highest BCUT2D eigenvalue weighted by Gasteiger charge is 2.10. The molecule has 0 unspecified atom stereocenters. The topological polar surface area (TPSA) is 76.0 Å². The lowest BCUT2D eigenvalue weighted by atomic mass is 10.1. The van der Waals surface area contributed by atoms with E-state index >= 15 is 0 Å². The Morgan fingerprint density at radius 1 is 1.15 bits per heavy atom. The first kappa shape index (κ1) is 17.3. The summed E-state index contributed by atoms with van der Waals surface area (Å²) in [4.78, 5) is 24.0. The number of hydrogen-bond donors (Lipinski definition) is 2. The summed E-state index contributed by atoms with van der Waals surface area (Å²) in [6.45, 7) is 1.39. The van der Waals surface area contributed by atoms with Gasteiger partial charge in [0.1, 0.15) is 5.82 Å². The molecule has 0 spiro atoms. The van der Waals surface area contributed by atoms with Crippen molar-refractivity contribution in [3.05, 3.63) is 77.9 Å². The van der Waals surface area contributed by atoms with Crippen LogP contribution in [0, 0.1) is 12.7 Å². The van der Waals surface area contributed by atoms with Gasteiger partial charge in [0.2, 0.25) is 5.91 Å². The summed E-state index contributed by atoms with van der Waals surface area (Å²) in [7, 11) is 0. The van der Waals surface area contributed by atoms with Crippen molar-refractivity contribution in [1.82, 2.24) is 15.1 Å². The monoisotopic (exact) mass is 352 g/mol. The SMILES string of the molecule is Cc1cc(C(=O)NCC(=O)Nc2ccc(-n3cccn3)cc2)ccc1F. The zero-order chi connectivity index (χ0) is 18.5. The average Bonchev–Trinajstić information content (AvgIpc) is 3.17. The molecule has 0 saturated heterocycles. The molecule has 2 aromatic carbocycles. The maximum atomic E-state index is 13.2. The largest absolute Gasteiger partial charge is 0.343 e. The van der Waals surface area contributed by atoms with Gasteiger partial charge >= 0.3 is 0 Å². The van der Waals surface area contributed by atoms with E-state index in [4.69, 9.17) is 0 Å². The standard InChI is InChI=1S/C19H17FN4O2/c1-13-11-14(3-8-17(13)20)19(26)21-12-18(25)23-15-4-6-16(7-5-15)24-10-2-9-22-24/h2-11H,12H2,1H3,(H,21,26)(H,23,25). The van der Waals surface area contributed by atoms with E-state index in [1.807, 2.05) is 24.4 Å². The molecule has 2 amide bonds. The van der Waals surface area contributed by atoms with E-state index in [0.29, 0.717) is 16.8 Å². The number of nitrogens with one attached hydrogen (secondary N) is 2. The molecule has 0 aliphatic rings. The Bertz CT molecular complexity index is 921. The van der Waals surface area contributed by atoms with Crippen molar-refractivity contribution < 1.29 is 14.0 Å². The molecular weight excluding hydrogens is 335 g/mol. The van der Waals surface area contributed by atoms with Crippen LogP contribution in [0.3, 0.4) is 0 Å². The molecular formula is C19H17FN4O2. The average molecular weight is 352 g/mol. The van der Waals surface area contributed by atoms with Crippen LogP contribution in [0.15, 0.2) is 60.9 Å². The molecule has 1 heterocycles. The van der Waals surface area contributed by atoms with Crippen LogP contribution in [0.5, 0.6) is 0 Å². The van der Waals surface area contributed by atoms with E-state index in [-0.39, 0.29) is 18.3 Å². The van der Waals surface area contributed by atoms with Crippen LogP contribution in [-0.4, -0.2) is 28.1 Å². The lowest BCUT2D eigenvalue weighted by Crippen LogP contribution is -2.32. The molecule has 0 saturated carbocycles. The summed E-state index contributed by atoms with van der Waals surface area (Å²) >= 11 is 0. The Balaban J connectivity index is 1.53. The molecule has 26 heavy (non-hydrogen) atoms. The first-order valence-corrected chi connectivity index (χ1v) is 7.97. The van der Waals surface area contributed by atoms with Crippen LogP contribution < -0.4 is 10.6 Å². The number of anilines is 1. The summed E-state index contributed by atoms with van der Waals surface area (Å²) in [6, 6.07) is 13.0. The van der Waals surface area contributed by atoms with Crippen molar-refractivity contribution >= 4 is 17.5 Å². The minimum atomic E-state index is -0.433. The molecule has 0 aliphatic carbocycles. The fourth-order valence-electron chi connectivity index (χ4n) is 2.37. The van der Waals surface area contributed by atoms with Gasteiger partial charge in [-0.1, -0.05) is 0 Å². The summed E-state index contributed by atoms with van der Waals surface area (Å²) in [6.07, 6.45) is 3.50. The fraction of sp³-hybridized carbons (Fsp3) is 0.105. The zero-order valence-electron chi connectivity index (χ0n) is 14.1. The summed E-state index contributed by atoms with van der Waals surface area (Å²) in [5.41, 5.74) is 2.16. The van der Waals surface area contributed by atoms with E-state index in [2.05, 4.69) is 15.7 Å². The number of hydrogen-bond acceptors (Lipinski definition) is 3. The van der Waals surface area contributed by atoms with Crippen molar-refractivity contribution in [2.45, 2.75) is 6.92 Å². The van der Waals surface area contributed by atoms with E-state index in [1.165, 1.54) is 18.2 Å². The van der Waals surface area contributed by atoms with Crippen LogP contribution >= 0.6 is 0 Å². The van der Waals surface area contributed by atoms with Gasteiger partial charge in [-0.15, -0.1) is 0 Å². The Morgan fingerprint density at radius 3 is 2.58 bits per heavy atom. The quantitative estimate of drug-likeness (QED) is 0.741. The van der Waals surface area contributed by atoms with Gasteiger partial charge in [0, 0.05) is 23.6 Å². The summed E-state index contributed by atoms with van der Waals surface area (Å²) in [5, 5.41) is 9.33. The molecule has 3 aromatic rings. The Morgan fingerprint density at radius 2 is 1.92 bits per heavy atom. The number of aromatic nitrogens is 2. The van der Waals surface area contributed by atoms with Gasteiger partial charge < -0.3 is 10.6 Å². The van der Waals surface area contributed by atoms with Crippen molar-refractivity contribution in [3.63, 3.8) is 0 Å². The van der Waals surface area contributed by atoms with Gasteiger partial charge in [-0.05, 0) is 61.0 Å². The molecule has 3 rings (SSSR count). The van der Waals surface area contributed by atoms with Crippen molar-refractivity contribution in [2.24, 2.45) is 0 Å². The third kappa shape index (κ3) is 4.13. The number of amides is 2. The highest BCUT2D eigenvalue weighted by Crippen LogP contribution is 2.12. The maximum Gasteiger partial charge on any atom is 0.251 e. The van der Waals surface area contributed by atoms with E-state index in [9.17, 15) is 14.0 Å². The van der Waals surface area contributed by atoms with Crippen molar-refractivity contribution in [3.8, 4) is 5.69 Å². The predicted octanol–water partition coefficient (Wildman–Crippen LogP) is 2.69. The van der Waals surface area contributed by atoms with Gasteiger partial charge in [-0.3, -0.25) is 9.59 Å². The normalized spacial score (nSPS) is 10.4. The fourth-order valence-corrected chi connectivity index (χ4v) is 2.37. The lowest BCUT2D eigenvalue weighted by Gasteiger charge is -2.08. The van der Waals surface area contributed by atoms with E-state index in [1.54, 1.807) is 29.9 Å². The zero-order valence-corrected chi connectivity index (χ0v) is 14.1. The van der Waals surface area contributed by atoms with Gasteiger partial charge in [-0.25, -0.2) is 9.07 Å². The second-order valence-corrected chi connectivity index (χ2v) is 5.69. The third-order valence-electron chi connectivity index (χ3n) is 3.75. The number of carbonyl (C=O) groups excluding carboxylic acids is 2. The van der Waals surface area contributed by atoms with Crippen LogP contribution in [-0.2, 0) is 4.79 Å². The molecule has 0 aliphatic heterocycles. The highest BCUT2D eigenvalue weighted by atomic mass is 19.1. The van der Waals surface area contributed by atoms with E-state index < -0.39 is 5.91 Å². The minimum Gasteiger partial charge on any atom is -0.343 e. The van der Waals surface area contributed by atoms with E-state index in [0.717, 1.165) is 5.69 Å². The second kappa shape index (κ2) is 7.60. The Labute approximate surface area is 149 Å². The van der Waals surface area contributed by atoms with Crippen LogP contribution in [0.25, 0.3) is 5.69 Å². The molecule has 1 aromatic heterocycles. The number of aryl methyl sites for hydroxylation is 1. The second-order valence-electron chi connectivity index (χ2n) is 5.69. The van der Waals surface area contributed by atoms with Gasteiger partial charge in [0.25, 0.3) is 5.91 Å². The smallest absolute Gasteiger partial charge is 0.251 e. The molecule has 0 fully saturated rings. The van der Waals surface area contributed by atoms with Crippen molar-refractivity contribution in [2.75, 3.05) is 11.9 Å². The number of halogens is 1. The van der Waals surface area contributed by atoms with Gasteiger partial charge in [0.05, 0.1) is 12.2 Å². The molecule has 0 radical (unpaired) electrons. The first-order chi connectivity index (χ1) is 12.5. The third-order valence-corrected chi connectivity index (χ3v) is 3.75. The highest BCUT2D eigenvalue weighted by molar-refractivity contribution is 5.99. The molecule has 6 nitrogen and oxygen atoms in total. The first-order valence-electron chi connectivity index (χ1n) is 7.97. The lowest BCUT2D eigenvalue weighted by molar-refractivity contribution is -0.115. The predicted molar refractivity (Wildman–Crippen MR) is 95.7 cm³/mol. The molecule has 132 valence electrons. The number of nitrogens with zero attached hydrogens (tertiary/aromatic N) is 2. The van der Waals surface area contributed by atoms with Crippen LogP contribution in [0.2, 0.25) is 0 Å². The molecule has 0 bridgehead atoms. The Hall–Kier alpha value is -3.48. The Kier molecular flexibility index (Phi) is 5.07. The summed E-state index contributed by atoms with van der Waals surface area (Å²) < 4.78 is 14.9. The molecule has 0 atom stereocenters. The van der Waals surface area contributed by atoms with Gasteiger partial charge in [-0.2, -0.15) is 5.10 Å². The van der Waals surface area contributed by atoms with Crippen molar-refractivity contribution in [1.29, 1.82) is 0 Å². The van der Waals surface area contributed by atoms with Crippen LogP contribution in [0.4, 0.5) is 10.1 Å². The summed E-state index contributed by atoms with van der Waals surface area (Å²) in [5.74, 6) is -1.17. The molecule has 7 heteroatoms. The maximum absolute atomic E-state index is 13.2. The van der Waals surface area contributed by atoms with Crippen LogP contribution in [0.1, 0.15) is 15.9 Å². The number of rotatable bonds is 5. The number of carbonyl (C=O) groups is 2.